The summed E-state index contributed by atoms with van der Waals surface area (Å²) >= 11 is 5.20. The second kappa shape index (κ2) is 6.83. The molecule has 6 heteroatoms. The van der Waals surface area contributed by atoms with Crippen LogP contribution in [0.1, 0.15) is 38.5 Å². The molecule has 2 rings (SSSR count). The maximum Gasteiger partial charge on any atom is 0.236 e. The minimum atomic E-state index is -0.737. The van der Waals surface area contributed by atoms with Gasteiger partial charge in [0.25, 0.3) is 0 Å². The Hall–Kier alpha value is -0.720. The van der Waals surface area contributed by atoms with Crippen molar-refractivity contribution >= 4 is 23.1 Å². The summed E-state index contributed by atoms with van der Waals surface area (Å²) < 4.78 is 5.36. The van der Waals surface area contributed by atoms with Crippen molar-refractivity contribution in [2.45, 2.75) is 44.6 Å². The van der Waals surface area contributed by atoms with Gasteiger partial charge in [-0.15, -0.1) is 0 Å². The molecule has 1 saturated carbocycles. The fraction of sp³-hybridized carbons (Fsp3) is 0.857. The normalized spacial score (nSPS) is 22.1. The van der Waals surface area contributed by atoms with Crippen LogP contribution in [-0.2, 0) is 9.53 Å². The van der Waals surface area contributed by atoms with E-state index in [2.05, 4.69) is 0 Å². The number of aliphatic hydroxyl groups excluding tert-OH is 1. The third-order valence-corrected chi connectivity index (χ3v) is 4.95. The molecular weight excluding hydrogens is 276 g/mol. The first-order valence-electron chi connectivity index (χ1n) is 7.41. The Bertz CT molecular complexity index is 365. The quantitative estimate of drug-likeness (QED) is 0.711. The first kappa shape index (κ1) is 15.7. The number of aliphatic hydroxyl groups is 1. The third-order valence-electron chi connectivity index (χ3n) is 4.56. The van der Waals surface area contributed by atoms with Gasteiger partial charge in [0, 0.05) is 32.4 Å². The van der Waals surface area contributed by atoms with Crippen LogP contribution in [0.15, 0.2) is 0 Å². The highest BCUT2D eigenvalue weighted by atomic mass is 32.1. The van der Waals surface area contributed by atoms with Crippen LogP contribution in [0.4, 0.5) is 0 Å². The van der Waals surface area contributed by atoms with E-state index in [4.69, 9.17) is 27.8 Å². The lowest BCUT2D eigenvalue weighted by molar-refractivity contribution is -0.146. The highest BCUT2D eigenvalue weighted by molar-refractivity contribution is 7.80. The van der Waals surface area contributed by atoms with E-state index in [0.29, 0.717) is 50.1 Å². The zero-order chi connectivity index (χ0) is 14.6. The maximum atomic E-state index is 13.0. The Kier molecular flexibility index (Phi) is 5.35. The van der Waals surface area contributed by atoms with Crippen molar-refractivity contribution in [3.8, 4) is 0 Å². The van der Waals surface area contributed by atoms with E-state index in [1.807, 2.05) is 4.90 Å². The van der Waals surface area contributed by atoms with Gasteiger partial charge in [-0.25, -0.2) is 0 Å². The van der Waals surface area contributed by atoms with Gasteiger partial charge in [-0.3, -0.25) is 4.79 Å². The average molecular weight is 300 g/mol. The van der Waals surface area contributed by atoms with E-state index in [-0.39, 0.29) is 12.5 Å². The number of amides is 1. The summed E-state index contributed by atoms with van der Waals surface area (Å²) in [6.07, 6.45) is 5.00. The first-order valence-corrected chi connectivity index (χ1v) is 7.82. The monoisotopic (exact) mass is 300 g/mol. The predicted octanol–water partition coefficient (Wildman–Crippen LogP) is 0.833. The summed E-state index contributed by atoms with van der Waals surface area (Å²) in [5.41, 5.74) is 5.17. The fourth-order valence-electron chi connectivity index (χ4n) is 2.95. The molecule has 1 aliphatic carbocycles. The summed E-state index contributed by atoms with van der Waals surface area (Å²) in [4.78, 5) is 15.2. The van der Waals surface area contributed by atoms with Crippen LogP contribution in [0.2, 0.25) is 0 Å². The minimum absolute atomic E-state index is 0.0476. The van der Waals surface area contributed by atoms with Crippen LogP contribution in [-0.4, -0.2) is 53.3 Å². The van der Waals surface area contributed by atoms with E-state index in [1.54, 1.807) is 0 Å². The molecule has 0 aromatic carbocycles. The Labute approximate surface area is 125 Å². The second-order valence-electron chi connectivity index (χ2n) is 5.72. The number of hydrogen-bond acceptors (Lipinski definition) is 4. The zero-order valence-corrected chi connectivity index (χ0v) is 12.7. The Morgan fingerprint density at radius 2 is 2.05 bits per heavy atom. The standard InChI is InChI=1S/C14H24N2O3S/c15-12(20)14(5-9-19-10-6-14)13(18)16(7-2-8-17)11-3-1-4-11/h11,17H,1-10H2,(H2,15,20). The van der Waals surface area contributed by atoms with E-state index in [1.165, 1.54) is 0 Å². The molecule has 0 aromatic heterocycles. The molecule has 1 amide bonds. The predicted molar refractivity (Wildman–Crippen MR) is 80.3 cm³/mol. The fourth-order valence-corrected chi connectivity index (χ4v) is 3.24. The van der Waals surface area contributed by atoms with Crippen molar-refractivity contribution in [2.75, 3.05) is 26.4 Å². The smallest absolute Gasteiger partial charge is 0.236 e. The third kappa shape index (κ3) is 2.97. The largest absolute Gasteiger partial charge is 0.396 e. The number of rotatable bonds is 6. The van der Waals surface area contributed by atoms with Gasteiger partial charge >= 0.3 is 0 Å². The minimum Gasteiger partial charge on any atom is -0.396 e. The number of ether oxygens (including phenoxy) is 1. The molecule has 0 radical (unpaired) electrons. The molecular formula is C14H24N2O3S. The van der Waals surface area contributed by atoms with Gasteiger partial charge in [-0.1, -0.05) is 12.2 Å². The topological polar surface area (TPSA) is 75.8 Å². The molecule has 0 bridgehead atoms. The Morgan fingerprint density at radius 1 is 1.40 bits per heavy atom. The summed E-state index contributed by atoms with van der Waals surface area (Å²) in [6.45, 7) is 1.74. The van der Waals surface area contributed by atoms with Crippen molar-refractivity contribution in [3.05, 3.63) is 0 Å². The number of nitrogens with two attached hydrogens (primary N) is 1. The first-order chi connectivity index (χ1) is 9.62. The molecule has 2 aliphatic rings. The van der Waals surface area contributed by atoms with Gasteiger partial charge < -0.3 is 20.5 Å². The summed E-state index contributed by atoms with van der Waals surface area (Å²) in [6, 6.07) is 0.295. The maximum absolute atomic E-state index is 13.0. The van der Waals surface area contributed by atoms with Crippen LogP contribution in [0.25, 0.3) is 0 Å². The SMILES string of the molecule is NC(=S)C1(C(=O)N(CCCO)C2CCC2)CCOCC1. The molecule has 1 saturated heterocycles. The highest BCUT2D eigenvalue weighted by Crippen LogP contribution is 2.36. The van der Waals surface area contributed by atoms with Crippen LogP contribution < -0.4 is 5.73 Å². The van der Waals surface area contributed by atoms with Crippen molar-refractivity contribution in [1.82, 2.24) is 4.90 Å². The lowest BCUT2D eigenvalue weighted by Crippen LogP contribution is -2.57. The molecule has 0 aromatic rings. The summed E-state index contributed by atoms with van der Waals surface area (Å²) in [5.74, 6) is 0.0476. The molecule has 5 nitrogen and oxygen atoms in total. The molecule has 1 aliphatic heterocycles. The van der Waals surface area contributed by atoms with E-state index in [9.17, 15) is 4.79 Å². The van der Waals surface area contributed by atoms with Crippen LogP contribution >= 0.6 is 12.2 Å². The lowest BCUT2D eigenvalue weighted by Gasteiger charge is -2.44. The van der Waals surface area contributed by atoms with E-state index < -0.39 is 5.41 Å². The van der Waals surface area contributed by atoms with Crippen molar-refractivity contribution in [2.24, 2.45) is 11.1 Å². The second-order valence-corrected chi connectivity index (χ2v) is 6.16. The molecule has 0 atom stereocenters. The van der Waals surface area contributed by atoms with Gasteiger partial charge in [0.05, 0.1) is 4.99 Å². The summed E-state index contributed by atoms with van der Waals surface area (Å²) in [7, 11) is 0. The molecule has 0 spiro atoms. The van der Waals surface area contributed by atoms with Crippen molar-refractivity contribution < 1.29 is 14.6 Å². The molecule has 3 N–H and O–H groups in total. The van der Waals surface area contributed by atoms with Gasteiger partial charge in [-0.2, -0.15) is 0 Å². The number of nitrogens with zero attached hydrogens (tertiary/aromatic N) is 1. The molecule has 1 heterocycles. The van der Waals surface area contributed by atoms with Crippen LogP contribution in [0.3, 0.4) is 0 Å². The van der Waals surface area contributed by atoms with E-state index >= 15 is 0 Å². The highest BCUT2D eigenvalue weighted by Gasteiger charge is 2.47. The number of carbonyl (C=O) groups excluding carboxylic acids is 1. The molecule has 114 valence electrons. The lowest BCUT2D eigenvalue weighted by atomic mass is 9.77. The van der Waals surface area contributed by atoms with Gasteiger partial charge in [-0.05, 0) is 38.5 Å². The zero-order valence-electron chi connectivity index (χ0n) is 11.8. The molecule has 0 unspecified atom stereocenters. The van der Waals surface area contributed by atoms with Crippen LogP contribution in [0.5, 0.6) is 0 Å². The molecule has 2 fully saturated rings. The Balaban J connectivity index is 2.16. The van der Waals surface area contributed by atoms with Gasteiger partial charge in [0.2, 0.25) is 5.91 Å². The Morgan fingerprint density at radius 3 is 2.50 bits per heavy atom. The van der Waals surface area contributed by atoms with Gasteiger partial charge in [0.15, 0.2) is 0 Å². The summed E-state index contributed by atoms with van der Waals surface area (Å²) in [5, 5.41) is 9.04. The van der Waals surface area contributed by atoms with Crippen LogP contribution in [0, 0.1) is 5.41 Å². The van der Waals surface area contributed by atoms with Gasteiger partial charge in [0.1, 0.15) is 5.41 Å². The average Bonchev–Trinajstić information content (AvgIpc) is 2.41. The van der Waals surface area contributed by atoms with Crippen molar-refractivity contribution in [3.63, 3.8) is 0 Å². The van der Waals surface area contributed by atoms with Crippen molar-refractivity contribution in [1.29, 1.82) is 0 Å². The number of thiocarbonyl (C=S) groups is 1. The van der Waals surface area contributed by atoms with E-state index in [0.717, 1.165) is 19.3 Å². The number of hydrogen-bond donors (Lipinski definition) is 2. The molecule has 20 heavy (non-hydrogen) atoms. The number of carbonyl (C=O) groups is 1.